The smallest absolute Gasteiger partial charge is 0.177 e. The zero-order valence-corrected chi connectivity index (χ0v) is 12.5. The summed E-state index contributed by atoms with van der Waals surface area (Å²) in [5, 5.41) is 3.57. The van der Waals surface area contributed by atoms with Crippen LogP contribution in [-0.2, 0) is 9.84 Å². The summed E-state index contributed by atoms with van der Waals surface area (Å²) in [6.07, 6.45) is 2.40. The molecular weight excluding hydrogens is 290 g/mol. The van der Waals surface area contributed by atoms with E-state index in [4.69, 9.17) is 11.6 Å². The van der Waals surface area contributed by atoms with Gasteiger partial charge in [0.2, 0.25) is 0 Å². The van der Waals surface area contributed by atoms with Crippen molar-refractivity contribution in [3.05, 3.63) is 23.2 Å². The Hall–Kier alpha value is -0.390. The summed E-state index contributed by atoms with van der Waals surface area (Å²) in [5.74, 6) is 3.08. The minimum atomic E-state index is -3.27. The quantitative estimate of drug-likeness (QED) is 0.929. The standard InChI is InChI=1S/C12H16ClNO2S2/c1-18(15,16)12-6-10(2-3-11(12)13)14-7-9-4-5-17-8-9/h2-3,6,9,14H,4-5,7-8H2,1H3. The monoisotopic (exact) mass is 305 g/mol. The lowest BCUT2D eigenvalue weighted by molar-refractivity contribution is 0.602. The van der Waals surface area contributed by atoms with Crippen LogP contribution in [0.25, 0.3) is 0 Å². The van der Waals surface area contributed by atoms with Gasteiger partial charge in [0.15, 0.2) is 9.84 Å². The molecule has 18 heavy (non-hydrogen) atoms. The lowest BCUT2D eigenvalue weighted by Crippen LogP contribution is -2.13. The molecule has 0 radical (unpaired) electrons. The zero-order chi connectivity index (χ0) is 13.2. The van der Waals surface area contributed by atoms with Gasteiger partial charge in [-0.25, -0.2) is 8.42 Å². The van der Waals surface area contributed by atoms with Crippen LogP contribution in [0.1, 0.15) is 6.42 Å². The number of benzene rings is 1. The molecule has 0 spiro atoms. The average Bonchev–Trinajstić information content (AvgIpc) is 2.79. The van der Waals surface area contributed by atoms with Gasteiger partial charge in [0.25, 0.3) is 0 Å². The Morgan fingerprint density at radius 1 is 1.50 bits per heavy atom. The van der Waals surface area contributed by atoms with Crippen LogP contribution in [0, 0.1) is 5.92 Å². The predicted octanol–water partition coefficient (Wildman–Crippen LogP) is 2.91. The van der Waals surface area contributed by atoms with Crippen LogP contribution in [0.5, 0.6) is 0 Å². The average molecular weight is 306 g/mol. The number of anilines is 1. The first kappa shape index (κ1) is 14.0. The summed E-state index contributed by atoms with van der Waals surface area (Å²) in [6.45, 7) is 0.887. The van der Waals surface area contributed by atoms with E-state index in [1.54, 1.807) is 12.1 Å². The summed E-state index contributed by atoms with van der Waals surface area (Å²) in [5.41, 5.74) is 0.816. The third-order valence-electron chi connectivity index (χ3n) is 2.95. The summed E-state index contributed by atoms with van der Waals surface area (Å²) < 4.78 is 23.1. The molecule has 1 N–H and O–H groups in total. The molecule has 0 aromatic heterocycles. The van der Waals surface area contributed by atoms with Gasteiger partial charge in [-0.1, -0.05) is 11.6 Å². The normalized spacial score (nSPS) is 20.0. The fourth-order valence-corrected chi connectivity index (χ4v) is 4.49. The molecule has 1 aromatic carbocycles. The Kier molecular flexibility index (Phi) is 4.45. The minimum Gasteiger partial charge on any atom is -0.385 e. The molecule has 6 heteroatoms. The van der Waals surface area contributed by atoms with Gasteiger partial charge in [0.1, 0.15) is 0 Å². The maximum atomic E-state index is 11.6. The van der Waals surface area contributed by atoms with E-state index in [1.165, 1.54) is 24.2 Å². The Morgan fingerprint density at radius 2 is 2.28 bits per heavy atom. The number of hydrogen-bond donors (Lipinski definition) is 1. The van der Waals surface area contributed by atoms with Crippen molar-refractivity contribution in [1.82, 2.24) is 0 Å². The molecule has 0 saturated carbocycles. The van der Waals surface area contributed by atoms with E-state index in [0.717, 1.165) is 12.2 Å². The van der Waals surface area contributed by atoms with E-state index in [2.05, 4.69) is 5.32 Å². The molecule has 1 aliphatic heterocycles. The maximum Gasteiger partial charge on any atom is 0.177 e. The number of halogens is 1. The molecule has 1 atom stereocenters. The van der Waals surface area contributed by atoms with Crippen LogP contribution in [0.4, 0.5) is 5.69 Å². The van der Waals surface area contributed by atoms with Gasteiger partial charge in [-0.2, -0.15) is 11.8 Å². The largest absolute Gasteiger partial charge is 0.385 e. The van der Waals surface area contributed by atoms with Gasteiger partial charge >= 0.3 is 0 Å². The van der Waals surface area contributed by atoms with Gasteiger partial charge < -0.3 is 5.32 Å². The maximum absolute atomic E-state index is 11.6. The van der Waals surface area contributed by atoms with E-state index in [-0.39, 0.29) is 9.92 Å². The SMILES string of the molecule is CS(=O)(=O)c1cc(NCC2CCSC2)ccc1Cl. The number of nitrogens with one attached hydrogen (secondary N) is 1. The fraction of sp³-hybridized carbons (Fsp3) is 0.500. The third-order valence-corrected chi connectivity index (χ3v) is 5.76. The van der Waals surface area contributed by atoms with Gasteiger partial charge in [0.05, 0.1) is 9.92 Å². The summed E-state index contributed by atoms with van der Waals surface area (Å²) in [4.78, 5) is 0.190. The van der Waals surface area contributed by atoms with Crippen LogP contribution in [0.3, 0.4) is 0 Å². The molecule has 1 saturated heterocycles. The Labute approximate surface area is 117 Å². The van der Waals surface area contributed by atoms with Gasteiger partial charge in [0, 0.05) is 18.5 Å². The van der Waals surface area contributed by atoms with E-state index in [9.17, 15) is 8.42 Å². The van der Waals surface area contributed by atoms with Crippen molar-refractivity contribution >= 4 is 38.9 Å². The summed E-state index contributed by atoms with van der Waals surface area (Å²) in [6, 6.07) is 5.06. The van der Waals surface area contributed by atoms with Crippen molar-refractivity contribution in [2.24, 2.45) is 5.92 Å². The molecule has 1 unspecified atom stereocenters. The van der Waals surface area contributed by atoms with E-state index in [0.29, 0.717) is 5.92 Å². The first-order chi connectivity index (χ1) is 8.47. The Bertz CT molecular complexity index is 525. The van der Waals surface area contributed by atoms with Crippen LogP contribution in [0.15, 0.2) is 23.1 Å². The molecule has 1 fully saturated rings. The first-order valence-electron chi connectivity index (χ1n) is 5.78. The van der Waals surface area contributed by atoms with Gasteiger partial charge in [-0.15, -0.1) is 0 Å². The lowest BCUT2D eigenvalue weighted by atomic mass is 10.1. The molecule has 1 heterocycles. The molecule has 100 valence electrons. The molecular formula is C12H16ClNO2S2. The zero-order valence-electron chi connectivity index (χ0n) is 10.1. The number of rotatable bonds is 4. The van der Waals surface area contributed by atoms with Crippen molar-refractivity contribution in [3.63, 3.8) is 0 Å². The van der Waals surface area contributed by atoms with Crippen LogP contribution in [0.2, 0.25) is 5.02 Å². The fourth-order valence-electron chi connectivity index (χ4n) is 1.90. The third kappa shape index (κ3) is 3.56. The van der Waals surface area contributed by atoms with Gasteiger partial charge in [-0.05, 0) is 42.0 Å². The van der Waals surface area contributed by atoms with E-state index < -0.39 is 9.84 Å². The second-order valence-corrected chi connectivity index (χ2v) is 8.07. The molecule has 0 bridgehead atoms. The van der Waals surface area contributed by atoms with Crippen LogP contribution >= 0.6 is 23.4 Å². The van der Waals surface area contributed by atoms with Crippen molar-refractivity contribution in [2.75, 3.05) is 29.6 Å². The topological polar surface area (TPSA) is 46.2 Å². The molecule has 0 aliphatic carbocycles. The van der Waals surface area contributed by atoms with Crippen molar-refractivity contribution in [1.29, 1.82) is 0 Å². The van der Waals surface area contributed by atoms with Crippen molar-refractivity contribution < 1.29 is 8.42 Å². The Morgan fingerprint density at radius 3 is 2.89 bits per heavy atom. The summed E-state index contributed by atoms with van der Waals surface area (Å²) >= 11 is 7.87. The molecule has 2 rings (SSSR count). The van der Waals surface area contributed by atoms with Crippen molar-refractivity contribution in [2.45, 2.75) is 11.3 Å². The number of hydrogen-bond acceptors (Lipinski definition) is 4. The second-order valence-electron chi connectivity index (χ2n) is 4.53. The molecule has 3 nitrogen and oxygen atoms in total. The number of thioether (sulfide) groups is 1. The second kappa shape index (κ2) is 5.72. The molecule has 0 amide bonds. The van der Waals surface area contributed by atoms with E-state index >= 15 is 0 Å². The first-order valence-corrected chi connectivity index (χ1v) is 9.20. The van der Waals surface area contributed by atoms with Crippen molar-refractivity contribution in [3.8, 4) is 0 Å². The highest BCUT2D eigenvalue weighted by Gasteiger charge is 2.16. The van der Waals surface area contributed by atoms with Crippen LogP contribution < -0.4 is 5.32 Å². The highest BCUT2D eigenvalue weighted by atomic mass is 35.5. The molecule has 1 aliphatic rings. The highest BCUT2D eigenvalue weighted by Crippen LogP contribution is 2.27. The Balaban J connectivity index is 2.09. The highest BCUT2D eigenvalue weighted by molar-refractivity contribution is 7.99. The van der Waals surface area contributed by atoms with Gasteiger partial charge in [-0.3, -0.25) is 0 Å². The summed E-state index contributed by atoms with van der Waals surface area (Å²) in [7, 11) is -3.27. The van der Waals surface area contributed by atoms with E-state index in [1.807, 2.05) is 17.8 Å². The lowest BCUT2D eigenvalue weighted by Gasteiger charge is -2.12. The minimum absolute atomic E-state index is 0.190. The van der Waals surface area contributed by atoms with Crippen LogP contribution in [-0.4, -0.2) is 32.7 Å². The molecule has 1 aromatic rings. The predicted molar refractivity (Wildman–Crippen MR) is 78.5 cm³/mol. The number of sulfone groups is 1.